The third-order valence-corrected chi connectivity index (χ3v) is 3.78. The topological polar surface area (TPSA) is 32.3 Å². The number of hydrogen-bond donors (Lipinski definition) is 1. The molecule has 0 aliphatic heterocycles. The average Bonchev–Trinajstić information content (AvgIpc) is 2.50. The molecule has 0 aliphatic carbocycles. The minimum Gasteiger partial charge on any atom is -0.328 e. The van der Waals surface area contributed by atoms with Crippen molar-refractivity contribution in [2.45, 2.75) is 18.8 Å². The van der Waals surface area contributed by atoms with Crippen molar-refractivity contribution in [3.8, 4) is 0 Å². The molecule has 0 aromatic heterocycles. The maximum absolute atomic E-state index is 13.7. The highest BCUT2D eigenvalue weighted by molar-refractivity contribution is 6.30. The normalized spacial score (nSPS) is 12.9. The lowest BCUT2D eigenvalue weighted by Crippen LogP contribution is -2.36. The molecular formula is C17H16ClF3N2O. The summed E-state index contributed by atoms with van der Waals surface area (Å²) in [5.41, 5.74) is 0.735. The lowest BCUT2D eigenvalue weighted by Gasteiger charge is -2.31. The number of anilines is 1. The molecule has 1 atom stereocenters. The Morgan fingerprint density at radius 3 is 2.46 bits per heavy atom. The Balaban J connectivity index is 2.42. The van der Waals surface area contributed by atoms with Gasteiger partial charge >= 0.3 is 6.18 Å². The van der Waals surface area contributed by atoms with E-state index in [2.05, 4.69) is 5.32 Å². The standard InChI is InChI=1S/C17H16ClF3N2O/c1-23(10-12-5-3-2-4-6-12)16(17(19,20)21)14-9-13(18)7-8-15(14)22-11-24/h2-9,11,16H,10H2,1H3,(H,22,24)/t16-/m0/s1. The monoisotopic (exact) mass is 356 g/mol. The Kier molecular flexibility index (Phi) is 5.85. The number of carbonyl (C=O) groups excluding carboxylic acids is 1. The van der Waals surface area contributed by atoms with Crippen LogP contribution in [0.2, 0.25) is 5.02 Å². The summed E-state index contributed by atoms with van der Waals surface area (Å²) in [5.74, 6) is 0. The Morgan fingerprint density at radius 1 is 1.21 bits per heavy atom. The summed E-state index contributed by atoms with van der Waals surface area (Å²) in [6, 6.07) is 11.0. The van der Waals surface area contributed by atoms with Crippen LogP contribution < -0.4 is 5.32 Å². The second-order valence-corrected chi connectivity index (χ2v) is 5.78. The van der Waals surface area contributed by atoms with E-state index in [1.165, 1.54) is 30.1 Å². The van der Waals surface area contributed by atoms with Crippen molar-refractivity contribution in [2.75, 3.05) is 12.4 Å². The number of nitrogens with one attached hydrogen (secondary N) is 1. The average molecular weight is 357 g/mol. The van der Waals surface area contributed by atoms with Crippen molar-refractivity contribution in [2.24, 2.45) is 0 Å². The molecule has 1 amide bonds. The summed E-state index contributed by atoms with van der Waals surface area (Å²) in [6.45, 7) is 0.0953. The zero-order valence-electron chi connectivity index (χ0n) is 12.8. The molecule has 0 saturated heterocycles. The second-order valence-electron chi connectivity index (χ2n) is 5.34. The van der Waals surface area contributed by atoms with Crippen molar-refractivity contribution < 1.29 is 18.0 Å². The van der Waals surface area contributed by atoms with Crippen LogP contribution >= 0.6 is 11.6 Å². The van der Waals surface area contributed by atoms with Crippen molar-refractivity contribution >= 4 is 23.7 Å². The molecule has 0 saturated carbocycles. The van der Waals surface area contributed by atoms with E-state index >= 15 is 0 Å². The highest BCUT2D eigenvalue weighted by atomic mass is 35.5. The molecule has 2 aromatic carbocycles. The quantitative estimate of drug-likeness (QED) is 0.764. The molecule has 0 aliphatic rings. The zero-order valence-corrected chi connectivity index (χ0v) is 13.6. The molecule has 1 N–H and O–H groups in total. The molecule has 0 spiro atoms. The predicted octanol–water partition coefficient (Wildman–Crippen LogP) is 4.64. The summed E-state index contributed by atoms with van der Waals surface area (Å²) >= 11 is 5.87. The zero-order chi connectivity index (χ0) is 17.7. The summed E-state index contributed by atoms with van der Waals surface area (Å²) < 4.78 is 41.1. The largest absolute Gasteiger partial charge is 0.408 e. The van der Waals surface area contributed by atoms with Gasteiger partial charge in [0.1, 0.15) is 6.04 Å². The van der Waals surface area contributed by atoms with E-state index in [4.69, 9.17) is 11.6 Å². The van der Waals surface area contributed by atoms with Gasteiger partial charge in [0.15, 0.2) is 0 Å². The number of benzene rings is 2. The van der Waals surface area contributed by atoms with E-state index in [-0.39, 0.29) is 22.8 Å². The molecule has 2 aromatic rings. The molecule has 0 radical (unpaired) electrons. The summed E-state index contributed by atoms with van der Waals surface area (Å²) in [7, 11) is 1.39. The smallest absolute Gasteiger partial charge is 0.328 e. The van der Waals surface area contributed by atoms with Crippen LogP contribution in [0.15, 0.2) is 48.5 Å². The predicted molar refractivity (Wildman–Crippen MR) is 87.8 cm³/mol. The van der Waals surface area contributed by atoms with E-state index < -0.39 is 12.2 Å². The summed E-state index contributed by atoms with van der Waals surface area (Å²) in [6.07, 6.45) is -4.19. The van der Waals surface area contributed by atoms with Crippen molar-refractivity contribution in [3.05, 3.63) is 64.7 Å². The Labute approximate surface area is 143 Å². The van der Waals surface area contributed by atoms with Crippen LogP contribution in [0.4, 0.5) is 18.9 Å². The van der Waals surface area contributed by atoms with Crippen molar-refractivity contribution in [1.29, 1.82) is 0 Å². The molecule has 3 nitrogen and oxygen atoms in total. The third kappa shape index (κ3) is 4.49. The van der Waals surface area contributed by atoms with Crippen LogP contribution in [-0.4, -0.2) is 24.5 Å². The number of amides is 1. The van der Waals surface area contributed by atoms with Crippen LogP contribution in [0.3, 0.4) is 0 Å². The first kappa shape index (κ1) is 18.3. The number of hydrogen-bond acceptors (Lipinski definition) is 2. The van der Waals surface area contributed by atoms with E-state index in [1.54, 1.807) is 30.3 Å². The van der Waals surface area contributed by atoms with Gasteiger partial charge in [-0.1, -0.05) is 41.9 Å². The fourth-order valence-electron chi connectivity index (χ4n) is 2.58. The van der Waals surface area contributed by atoms with Crippen LogP contribution in [0.1, 0.15) is 17.2 Å². The van der Waals surface area contributed by atoms with Gasteiger partial charge < -0.3 is 5.32 Å². The number of carbonyl (C=O) groups is 1. The minimum atomic E-state index is -4.53. The van der Waals surface area contributed by atoms with Crippen LogP contribution in [0, 0.1) is 0 Å². The second kappa shape index (κ2) is 7.68. The van der Waals surface area contributed by atoms with Gasteiger partial charge in [-0.15, -0.1) is 0 Å². The van der Waals surface area contributed by atoms with E-state index in [0.717, 1.165) is 5.56 Å². The van der Waals surface area contributed by atoms with Gasteiger partial charge in [0.05, 0.1) is 0 Å². The Bertz CT molecular complexity index is 692. The maximum Gasteiger partial charge on any atom is 0.408 e. The molecular weight excluding hydrogens is 341 g/mol. The van der Waals surface area contributed by atoms with Gasteiger partial charge in [-0.3, -0.25) is 9.69 Å². The van der Waals surface area contributed by atoms with Crippen LogP contribution in [0.5, 0.6) is 0 Å². The maximum atomic E-state index is 13.7. The molecule has 128 valence electrons. The van der Waals surface area contributed by atoms with Crippen LogP contribution in [0.25, 0.3) is 0 Å². The lowest BCUT2D eigenvalue weighted by molar-refractivity contribution is -0.184. The third-order valence-electron chi connectivity index (χ3n) is 3.55. The Hall–Kier alpha value is -2.05. The fourth-order valence-corrected chi connectivity index (χ4v) is 2.76. The highest BCUT2D eigenvalue weighted by Gasteiger charge is 2.44. The number of rotatable bonds is 6. The molecule has 24 heavy (non-hydrogen) atoms. The fraction of sp³-hybridized carbons (Fsp3) is 0.235. The lowest BCUT2D eigenvalue weighted by atomic mass is 10.0. The first-order chi connectivity index (χ1) is 11.3. The molecule has 0 fully saturated rings. The van der Waals surface area contributed by atoms with Gasteiger partial charge in [-0.05, 0) is 30.8 Å². The highest BCUT2D eigenvalue weighted by Crippen LogP contribution is 2.41. The SMILES string of the molecule is CN(Cc1ccccc1)[C@@H](c1cc(Cl)ccc1NC=O)C(F)(F)F. The molecule has 7 heteroatoms. The number of nitrogens with zero attached hydrogens (tertiary/aromatic N) is 1. The van der Waals surface area contributed by atoms with Crippen molar-refractivity contribution in [3.63, 3.8) is 0 Å². The first-order valence-electron chi connectivity index (χ1n) is 7.13. The Morgan fingerprint density at radius 2 is 1.88 bits per heavy atom. The number of alkyl halides is 3. The minimum absolute atomic E-state index is 0.0802. The van der Waals surface area contributed by atoms with Gasteiger partial charge in [0, 0.05) is 22.8 Å². The van der Waals surface area contributed by atoms with Crippen LogP contribution in [-0.2, 0) is 11.3 Å². The van der Waals surface area contributed by atoms with E-state index in [1.807, 2.05) is 0 Å². The summed E-state index contributed by atoms with van der Waals surface area (Å²) in [4.78, 5) is 11.9. The van der Waals surface area contributed by atoms with Crippen molar-refractivity contribution in [1.82, 2.24) is 4.90 Å². The van der Waals surface area contributed by atoms with E-state index in [9.17, 15) is 18.0 Å². The number of halogens is 4. The molecule has 0 heterocycles. The molecule has 2 rings (SSSR count). The van der Waals surface area contributed by atoms with Gasteiger partial charge in [-0.2, -0.15) is 13.2 Å². The summed E-state index contributed by atoms with van der Waals surface area (Å²) in [5, 5.41) is 2.48. The van der Waals surface area contributed by atoms with Gasteiger partial charge in [0.25, 0.3) is 0 Å². The molecule has 0 bridgehead atoms. The van der Waals surface area contributed by atoms with E-state index in [0.29, 0.717) is 6.41 Å². The first-order valence-corrected chi connectivity index (χ1v) is 7.51. The van der Waals surface area contributed by atoms with Gasteiger partial charge in [0.2, 0.25) is 6.41 Å². The molecule has 0 unspecified atom stereocenters. The van der Waals surface area contributed by atoms with Gasteiger partial charge in [-0.25, -0.2) is 0 Å².